The van der Waals surface area contributed by atoms with E-state index < -0.39 is 5.82 Å². The lowest BCUT2D eigenvalue weighted by molar-refractivity contribution is 0.627. The number of hydrogen-bond acceptors (Lipinski definition) is 3. The van der Waals surface area contributed by atoms with Crippen molar-refractivity contribution in [2.24, 2.45) is 12.8 Å². The third-order valence-corrected chi connectivity index (χ3v) is 3.85. The molecular weight excluding hydrogens is 367 g/mol. The predicted molar refractivity (Wildman–Crippen MR) is 86.2 cm³/mol. The summed E-state index contributed by atoms with van der Waals surface area (Å²) >= 11 is 14.4. The van der Waals surface area contributed by atoms with Gasteiger partial charge in [-0.05, 0) is 35.0 Å². The lowest BCUT2D eigenvalue weighted by atomic mass is 10.2. The first-order valence-corrected chi connectivity index (χ1v) is 7.14. The topological polar surface area (TPSA) is 55.9 Å². The van der Waals surface area contributed by atoms with E-state index in [0.717, 1.165) is 0 Å². The molecule has 1 aromatic heterocycles. The molecule has 2 aromatic rings. The van der Waals surface area contributed by atoms with E-state index in [4.69, 9.17) is 29.6 Å². The number of nitrogens with two attached hydrogens (primary N) is 1. The van der Waals surface area contributed by atoms with Crippen molar-refractivity contribution in [1.29, 1.82) is 0 Å². The number of aryl methyl sites for hydroxylation is 2. The van der Waals surface area contributed by atoms with Crippen LogP contribution < -0.4 is 11.1 Å². The van der Waals surface area contributed by atoms with E-state index in [1.165, 1.54) is 12.1 Å². The summed E-state index contributed by atoms with van der Waals surface area (Å²) in [6.07, 6.45) is 0. The summed E-state index contributed by atoms with van der Waals surface area (Å²) in [4.78, 5) is 0.229. The number of aromatic nitrogens is 2. The summed E-state index contributed by atoms with van der Waals surface area (Å²) in [6.45, 7) is 1.81. The molecule has 1 heterocycles. The van der Waals surface area contributed by atoms with Gasteiger partial charge in [-0.1, -0.05) is 23.8 Å². The maximum Gasteiger partial charge on any atom is 0.139 e. The maximum absolute atomic E-state index is 13.2. The van der Waals surface area contributed by atoms with E-state index in [9.17, 15) is 4.39 Å². The monoisotopic (exact) mass is 376 g/mol. The van der Waals surface area contributed by atoms with Crippen molar-refractivity contribution >= 4 is 56.2 Å². The Bertz CT molecular complexity index is 678. The highest BCUT2D eigenvalue weighted by molar-refractivity contribution is 9.10. The third-order valence-electron chi connectivity index (χ3n) is 2.72. The smallest absolute Gasteiger partial charge is 0.139 e. The van der Waals surface area contributed by atoms with Crippen LogP contribution in [0.4, 0.5) is 15.9 Å². The molecule has 0 aliphatic heterocycles. The highest BCUT2D eigenvalue weighted by atomic mass is 79.9. The molecule has 0 saturated carbocycles. The highest BCUT2D eigenvalue weighted by Crippen LogP contribution is 2.35. The van der Waals surface area contributed by atoms with E-state index in [1.807, 2.05) is 0 Å². The van der Waals surface area contributed by atoms with Crippen LogP contribution in [0.1, 0.15) is 11.3 Å². The van der Waals surface area contributed by atoms with Gasteiger partial charge in [-0.2, -0.15) is 5.10 Å². The standard InChI is InChI=1S/C12H11BrClFN4S/c1-5-9(11(16)20)12(19(2)18-5)17-10-7(13)3-6(15)4-8(10)14/h3-4,17H,1-2H3,(H2,16,20). The third kappa shape index (κ3) is 2.79. The van der Waals surface area contributed by atoms with Gasteiger partial charge in [-0.3, -0.25) is 4.68 Å². The summed E-state index contributed by atoms with van der Waals surface area (Å²) < 4.78 is 15.3. The Morgan fingerprint density at radius 1 is 1.55 bits per heavy atom. The van der Waals surface area contributed by atoms with Gasteiger partial charge in [0.2, 0.25) is 0 Å². The molecule has 2 rings (SSSR count). The first-order chi connectivity index (χ1) is 9.31. The highest BCUT2D eigenvalue weighted by Gasteiger charge is 2.18. The van der Waals surface area contributed by atoms with Crippen molar-refractivity contribution in [3.05, 3.63) is 38.7 Å². The predicted octanol–water partition coefficient (Wildman–Crippen LogP) is 3.66. The molecule has 0 amide bonds. The van der Waals surface area contributed by atoms with E-state index in [2.05, 4.69) is 26.3 Å². The lowest BCUT2D eigenvalue weighted by Crippen LogP contribution is -2.13. The minimum absolute atomic E-state index is 0.229. The molecule has 0 aliphatic rings. The van der Waals surface area contributed by atoms with Gasteiger partial charge in [0.15, 0.2) is 0 Å². The second kappa shape index (κ2) is 5.67. The second-order valence-corrected chi connectivity index (χ2v) is 5.87. The molecule has 0 bridgehead atoms. The molecule has 0 aliphatic carbocycles. The number of benzene rings is 1. The Morgan fingerprint density at radius 3 is 2.75 bits per heavy atom. The zero-order valence-corrected chi connectivity index (χ0v) is 13.8. The minimum atomic E-state index is -0.428. The number of nitrogens with zero attached hydrogens (tertiary/aromatic N) is 2. The molecule has 4 nitrogen and oxygen atoms in total. The van der Waals surface area contributed by atoms with Gasteiger partial charge in [-0.25, -0.2) is 4.39 Å². The van der Waals surface area contributed by atoms with Gasteiger partial charge in [0.05, 0.1) is 22.0 Å². The second-order valence-electron chi connectivity index (χ2n) is 4.17. The number of thiocarbonyl (C=S) groups is 1. The fraction of sp³-hybridized carbons (Fsp3) is 0.167. The Kier molecular flexibility index (Phi) is 4.31. The molecule has 3 N–H and O–H groups in total. The van der Waals surface area contributed by atoms with Crippen LogP contribution in [0.25, 0.3) is 0 Å². The first kappa shape index (κ1) is 15.2. The molecule has 0 fully saturated rings. The number of hydrogen-bond donors (Lipinski definition) is 2. The molecule has 0 spiro atoms. The number of halogens is 3. The van der Waals surface area contributed by atoms with Crippen molar-refractivity contribution in [2.75, 3.05) is 5.32 Å². The number of nitrogens with one attached hydrogen (secondary N) is 1. The van der Waals surface area contributed by atoms with Crippen molar-refractivity contribution in [1.82, 2.24) is 9.78 Å². The molecular formula is C12H11BrClFN4S. The van der Waals surface area contributed by atoms with Crippen LogP contribution in [0.5, 0.6) is 0 Å². The Hall–Kier alpha value is -1.18. The average molecular weight is 378 g/mol. The van der Waals surface area contributed by atoms with Crippen LogP contribution in [0.2, 0.25) is 5.02 Å². The molecule has 0 radical (unpaired) electrons. The summed E-state index contributed by atoms with van der Waals surface area (Å²) in [6, 6.07) is 2.54. The largest absolute Gasteiger partial charge is 0.389 e. The fourth-order valence-electron chi connectivity index (χ4n) is 1.88. The summed E-state index contributed by atoms with van der Waals surface area (Å²) in [5.74, 6) is 0.174. The SMILES string of the molecule is Cc1nn(C)c(Nc2c(Cl)cc(F)cc2Br)c1C(N)=S. The van der Waals surface area contributed by atoms with Crippen molar-refractivity contribution < 1.29 is 4.39 Å². The van der Waals surface area contributed by atoms with E-state index in [-0.39, 0.29) is 10.0 Å². The summed E-state index contributed by atoms with van der Waals surface area (Å²) in [5.41, 5.74) is 7.58. The van der Waals surface area contributed by atoms with Crippen LogP contribution >= 0.6 is 39.7 Å². The Labute approximate surface area is 134 Å². The Morgan fingerprint density at radius 2 is 2.20 bits per heavy atom. The van der Waals surface area contributed by atoms with Gasteiger partial charge < -0.3 is 11.1 Å². The quantitative estimate of drug-likeness (QED) is 0.802. The van der Waals surface area contributed by atoms with Gasteiger partial charge >= 0.3 is 0 Å². The van der Waals surface area contributed by atoms with Crippen molar-refractivity contribution in [2.45, 2.75) is 6.92 Å². The van der Waals surface area contributed by atoms with Crippen LogP contribution in [-0.4, -0.2) is 14.8 Å². The fourth-order valence-corrected chi connectivity index (χ4v) is 3.02. The zero-order chi connectivity index (χ0) is 15.0. The van der Waals surface area contributed by atoms with Crippen LogP contribution in [-0.2, 0) is 7.05 Å². The van der Waals surface area contributed by atoms with E-state index >= 15 is 0 Å². The molecule has 20 heavy (non-hydrogen) atoms. The maximum atomic E-state index is 13.2. The van der Waals surface area contributed by atoms with E-state index in [1.54, 1.807) is 18.7 Å². The van der Waals surface area contributed by atoms with E-state index in [0.29, 0.717) is 27.2 Å². The average Bonchev–Trinajstić information content (AvgIpc) is 2.58. The number of anilines is 2. The van der Waals surface area contributed by atoms with Crippen molar-refractivity contribution in [3.63, 3.8) is 0 Å². The number of rotatable bonds is 3. The molecule has 0 saturated heterocycles. The minimum Gasteiger partial charge on any atom is -0.389 e. The first-order valence-electron chi connectivity index (χ1n) is 5.56. The van der Waals surface area contributed by atoms with Gasteiger partial charge in [-0.15, -0.1) is 0 Å². The van der Waals surface area contributed by atoms with Crippen molar-refractivity contribution in [3.8, 4) is 0 Å². The van der Waals surface area contributed by atoms with Gasteiger partial charge in [0.25, 0.3) is 0 Å². The van der Waals surface area contributed by atoms with Crippen LogP contribution in [0, 0.1) is 12.7 Å². The normalized spacial score (nSPS) is 10.7. The molecule has 1 aromatic carbocycles. The molecule has 0 atom stereocenters. The molecule has 0 unspecified atom stereocenters. The summed E-state index contributed by atoms with van der Waals surface area (Å²) in [7, 11) is 1.75. The van der Waals surface area contributed by atoms with Gasteiger partial charge in [0, 0.05) is 11.5 Å². The summed E-state index contributed by atoms with van der Waals surface area (Å²) in [5, 5.41) is 7.59. The van der Waals surface area contributed by atoms with Gasteiger partial charge in [0.1, 0.15) is 16.6 Å². The molecule has 8 heteroatoms. The van der Waals surface area contributed by atoms with Crippen LogP contribution in [0.3, 0.4) is 0 Å². The zero-order valence-electron chi connectivity index (χ0n) is 10.7. The molecule has 106 valence electrons. The van der Waals surface area contributed by atoms with Crippen LogP contribution in [0.15, 0.2) is 16.6 Å². The lowest BCUT2D eigenvalue weighted by Gasteiger charge is -2.12. The Balaban J connectivity index is 2.54.